The van der Waals surface area contributed by atoms with E-state index >= 15 is 0 Å². The van der Waals surface area contributed by atoms with Crippen molar-refractivity contribution in [3.05, 3.63) is 60.8 Å². The van der Waals surface area contributed by atoms with Gasteiger partial charge in [0.1, 0.15) is 13.2 Å². The van der Waals surface area contributed by atoms with Crippen LogP contribution in [0.25, 0.3) is 0 Å². The predicted octanol–water partition coefficient (Wildman–Crippen LogP) is 17.1. The maximum Gasteiger partial charge on any atom is 0.306 e. The molecule has 0 aromatic carbocycles. The minimum Gasteiger partial charge on any atom is -0.545 e. The molecule has 9 heteroatoms. The number of aliphatic carboxylic acids is 1. The van der Waals surface area contributed by atoms with Gasteiger partial charge in [0.2, 0.25) is 0 Å². The number of rotatable bonds is 57. The predicted molar refractivity (Wildman–Crippen MR) is 311 cm³/mol. The number of unbranched alkanes of at least 4 members (excludes halogenated alkanes) is 32. The van der Waals surface area contributed by atoms with Gasteiger partial charge in [0.05, 0.1) is 40.3 Å². The number of likely N-dealkylation sites (N-methyl/N-ethyl adjacent to an activating group) is 1. The van der Waals surface area contributed by atoms with Crippen LogP contribution in [0.2, 0.25) is 0 Å². The van der Waals surface area contributed by atoms with E-state index in [0.717, 1.165) is 77.0 Å². The van der Waals surface area contributed by atoms with Crippen LogP contribution in [0, 0.1) is 0 Å². The van der Waals surface area contributed by atoms with E-state index < -0.39 is 24.3 Å². The van der Waals surface area contributed by atoms with E-state index in [0.29, 0.717) is 23.9 Å². The Hall–Kier alpha value is -3.01. The van der Waals surface area contributed by atoms with Crippen molar-refractivity contribution < 1.29 is 42.9 Å². The Balaban J connectivity index is 4.20. The maximum atomic E-state index is 12.9. The molecule has 0 spiro atoms. The fourth-order valence-electron chi connectivity index (χ4n) is 8.80. The number of quaternary nitrogens is 1. The average Bonchev–Trinajstić information content (AvgIpc) is 3.37. The minimum atomic E-state index is -1.62. The topological polar surface area (TPSA) is 111 Å². The second kappa shape index (κ2) is 56.2. The maximum absolute atomic E-state index is 12.9. The van der Waals surface area contributed by atoms with E-state index in [2.05, 4.69) is 74.6 Å². The molecule has 0 aliphatic carbocycles. The molecule has 0 aliphatic heterocycles. The van der Waals surface area contributed by atoms with Gasteiger partial charge in [-0.25, -0.2) is 0 Å². The lowest BCUT2D eigenvalue weighted by Gasteiger charge is -2.26. The van der Waals surface area contributed by atoms with Crippen molar-refractivity contribution in [1.82, 2.24) is 0 Å². The Morgan fingerprint density at radius 2 is 0.770 bits per heavy atom. The Morgan fingerprint density at radius 1 is 0.419 bits per heavy atom. The number of nitrogens with zero attached hydrogens (tertiary/aromatic N) is 1. The first-order valence-corrected chi connectivity index (χ1v) is 30.9. The normalized spacial score (nSPS) is 13.1. The molecule has 0 bridgehead atoms. The number of carboxylic acid groups (broad SMARTS) is 1. The molecule has 0 rings (SSSR count). The first-order valence-electron chi connectivity index (χ1n) is 30.9. The van der Waals surface area contributed by atoms with E-state index in [1.807, 2.05) is 21.1 Å². The standard InChI is InChI=1S/C65H117NO8/c1-6-8-10-12-14-16-18-20-22-24-26-28-30-31-32-33-34-36-38-40-42-44-46-48-50-52-54-56-63(68)74-61(60-73-65(64(69)70)71-58-57-66(3,4)5)59-72-62(67)55-53-51-49-47-45-43-41-39-37-35-29-27-25-23-21-19-17-15-13-11-9-7-2/h8,10,14,16,20,22,26,28,31-32,61,65H,6-7,9,11-13,15,17-19,21,23-25,27,29-30,33-60H2,1-5H3/b10-8-,16-14-,22-20-,28-26-,32-31-. The van der Waals surface area contributed by atoms with Crippen molar-refractivity contribution in [3.8, 4) is 0 Å². The van der Waals surface area contributed by atoms with Gasteiger partial charge in [-0.2, -0.15) is 0 Å². The van der Waals surface area contributed by atoms with Gasteiger partial charge < -0.3 is 33.3 Å². The monoisotopic (exact) mass is 1040 g/mol. The lowest BCUT2D eigenvalue weighted by molar-refractivity contribution is -0.870. The fraction of sp³-hybridized carbons (Fsp3) is 0.800. The molecular formula is C65H117NO8. The highest BCUT2D eigenvalue weighted by Crippen LogP contribution is 2.17. The quantitative estimate of drug-likeness (QED) is 0.0195. The molecule has 0 saturated carbocycles. The van der Waals surface area contributed by atoms with Crippen LogP contribution in [0.4, 0.5) is 0 Å². The van der Waals surface area contributed by atoms with Gasteiger partial charge in [0, 0.05) is 12.8 Å². The average molecular weight is 1040 g/mol. The van der Waals surface area contributed by atoms with Crippen molar-refractivity contribution in [2.24, 2.45) is 0 Å². The van der Waals surface area contributed by atoms with Gasteiger partial charge in [-0.15, -0.1) is 0 Å². The third-order valence-corrected chi connectivity index (χ3v) is 13.5. The van der Waals surface area contributed by atoms with Crippen LogP contribution in [0.3, 0.4) is 0 Å². The fourth-order valence-corrected chi connectivity index (χ4v) is 8.80. The molecule has 9 nitrogen and oxygen atoms in total. The summed E-state index contributed by atoms with van der Waals surface area (Å²) in [5.74, 6) is -2.27. The summed E-state index contributed by atoms with van der Waals surface area (Å²) in [6.07, 6.45) is 68.4. The molecule has 0 amide bonds. The number of carbonyl (C=O) groups excluding carboxylic acids is 3. The van der Waals surface area contributed by atoms with Crippen LogP contribution in [-0.2, 0) is 33.3 Å². The lowest BCUT2D eigenvalue weighted by Crippen LogP contribution is -2.44. The Bertz CT molecular complexity index is 1400. The third kappa shape index (κ3) is 56.7. The van der Waals surface area contributed by atoms with Crippen molar-refractivity contribution in [2.45, 2.75) is 289 Å². The van der Waals surface area contributed by atoms with Crippen molar-refractivity contribution in [1.29, 1.82) is 0 Å². The van der Waals surface area contributed by atoms with Crippen LogP contribution in [0.1, 0.15) is 277 Å². The van der Waals surface area contributed by atoms with Crippen molar-refractivity contribution in [3.63, 3.8) is 0 Å². The van der Waals surface area contributed by atoms with Gasteiger partial charge in [-0.1, -0.05) is 267 Å². The SMILES string of the molecule is CC/C=C\C/C=C\C/C=C\C/C=C\C/C=C\CCCCCCCCCCCCCC(=O)OC(COC(=O)CCCCCCCCCCCCCCCCCCCCCCCC)COC(OCC[N+](C)(C)C)C(=O)[O-]. The third-order valence-electron chi connectivity index (χ3n) is 13.5. The van der Waals surface area contributed by atoms with Gasteiger partial charge in [0.15, 0.2) is 12.4 Å². The van der Waals surface area contributed by atoms with Gasteiger partial charge in [-0.05, 0) is 57.8 Å². The molecule has 0 saturated heterocycles. The zero-order valence-electron chi connectivity index (χ0n) is 49.0. The molecule has 0 aromatic heterocycles. The largest absolute Gasteiger partial charge is 0.545 e. The number of hydrogen-bond acceptors (Lipinski definition) is 8. The Kier molecular flexibility index (Phi) is 53.9. The molecule has 430 valence electrons. The summed E-state index contributed by atoms with van der Waals surface area (Å²) in [5, 5.41) is 11.8. The molecular weight excluding hydrogens is 923 g/mol. The molecule has 74 heavy (non-hydrogen) atoms. The number of carbonyl (C=O) groups is 3. The highest BCUT2D eigenvalue weighted by Gasteiger charge is 2.22. The van der Waals surface area contributed by atoms with Crippen LogP contribution in [-0.4, -0.2) is 82.3 Å². The molecule has 0 radical (unpaired) electrons. The first kappa shape index (κ1) is 71.0. The van der Waals surface area contributed by atoms with Crippen LogP contribution >= 0.6 is 0 Å². The van der Waals surface area contributed by atoms with E-state index in [9.17, 15) is 19.5 Å². The second-order valence-corrected chi connectivity index (χ2v) is 22.0. The number of ether oxygens (including phenoxy) is 4. The summed E-state index contributed by atoms with van der Waals surface area (Å²) >= 11 is 0. The smallest absolute Gasteiger partial charge is 0.306 e. The van der Waals surface area contributed by atoms with Gasteiger partial charge in [-0.3, -0.25) is 9.59 Å². The zero-order valence-corrected chi connectivity index (χ0v) is 49.0. The first-order chi connectivity index (χ1) is 36.1. The molecule has 0 aromatic rings. The van der Waals surface area contributed by atoms with E-state index in [1.54, 1.807) is 0 Å². The summed E-state index contributed by atoms with van der Waals surface area (Å²) < 4.78 is 22.8. The molecule has 0 N–H and O–H groups in total. The summed E-state index contributed by atoms with van der Waals surface area (Å²) in [7, 11) is 5.93. The number of carboxylic acids is 1. The summed E-state index contributed by atoms with van der Waals surface area (Å²) in [6, 6.07) is 0. The second-order valence-electron chi connectivity index (χ2n) is 22.0. The lowest BCUT2D eigenvalue weighted by atomic mass is 10.0. The number of esters is 2. The summed E-state index contributed by atoms with van der Waals surface area (Å²) in [6.45, 7) is 4.67. The molecule has 2 unspecified atom stereocenters. The van der Waals surface area contributed by atoms with Gasteiger partial charge >= 0.3 is 11.9 Å². The Morgan fingerprint density at radius 3 is 1.15 bits per heavy atom. The highest BCUT2D eigenvalue weighted by atomic mass is 16.7. The summed E-state index contributed by atoms with van der Waals surface area (Å²) in [5.41, 5.74) is 0. The highest BCUT2D eigenvalue weighted by molar-refractivity contribution is 5.70. The van der Waals surface area contributed by atoms with Crippen LogP contribution < -0.4 is 5.11 Å². The van der Waals surface area contributed by atoms with E-state index in [4.69, 9.17) is 18.9 Å². The summed E-state index contributed by atoms with van der Waals surface area (Å²) in [4.78, 5) is 37.4. The van der Waals surface area contributed by atoms with E-state index in [1.165, 1.54) is 167 Å². The molecule has 0 heterocycles. The molecule has 2 atom stereocenters. The van der Waals surface area contributed by atoms with Crippen LogP contribution in [0.15, 0.2) is 60.8 Å². The molecule has 0 aliphatic rings. The number of hydrogen-bond donors (Lipinski definition) is 0. The van der Waals surface area contributed by atoms with Crippen LogP contribution in [0.5, 0.6) is 0 Å². The Labute approximate surface area is 456 Å². The van der Waals surface area contributed by atoms with E-state index in [-0.39, 0.29) is 32.2 Å². The minimum absolute atomic E-state index is 0.147. The van der Waals surface area contributed by atoms with Crippen molar-refractivity contribution >= 4 is 17.9 Å². The zero-order chi connectivity index (χ0) is 54.1. The van der Waals surface area contributed by atoms with Crippen molar-refractivity contribution in [2.75, 3.05) is 47.5 Å². The van der Waals surface area contributed by atoms with Gasteiger partial charge in [0.25, 0.3) is 0 Å². The molecule has 0 fully saturated rings. The number of allylic oxidation sites excluding steroid dienone is 10.